The van der Waals surface area contributed by atoms with E-state index in [4.69, 9.17) is 0 Å². The molecule has 1 aromatic rings. The molecular formula is C12H17N. The molecular weight excluding hydrogens is 158 g/mol. The minimum absolute atomic E-state index is 0.507. The fourth-order valence-electron chi connectivity index (χ4n) is 1.64. The molecule has 2 rings (SSSR count). The van der Waals surface area contributed by atoms with Crippen molar-refractivity contribution in [3.63, 3.8) is 0 Å². The largest absolute Gasteiger partial charge is 0.307 e. The molecule has 1 aliphatic carbocycles. The van der Waals surface area contributed by atoms with Gasteiger partial charge < -0.3 is 5.32 Å². The van der Waals surface area contributed by atoms with Crippen LogP contribution in [0.25, 0.3) is 0 Å². The molecule has 1 aliphatic rings. The molecule has 1 fully saturated rings. The van der Waals surface area contributed by atoms with Crippen LogP contribution in [0.5, 0.6) is 0 Å². The molecule has 0 saturated heterocycles. The van der Waals surface area contributed by atoms with Gasteiger partial charge in [0.1, 0.15) is 0 Å². The third kappa shape index (κ3) is 2.31. The highest BCUT2D eigenvalue weighted by molar-refractivity contribution is 5.24. The first-order valence-corrected chi connectivity index (χ1v) is 5.08. The number of benzene rings is 1. The maximum Gasteiger partial charge on any atom is 0.0294 e. The van der Waals surface area contributed by atoms with Crippen LogP contribution < -0.4 is 5.32 Å². The quantitative estimate of drug-likeness (QED) is 0.745. The van der Waals surface area contributed by atoms with Crippen molar-refractivity contribution < 1.29 is 0 Å². The van der Waals surface area contributed by atoms with Gasteiger partial charge in [0.25, 0.3) is 0 Å². The van der Waals surface area contributed by atoms with Crippen molar-refractivity contribution in [1.82, 2.24) is 5.32 Å². The van der Waals surface area contributed by atoms with E-state index in [0.717, 1.165) is 6.04 Å². The molecule has 0 heterocycles. The molecule has 70 valence electrons. The highest BCUT2D eigenvalue weighted by Crippen LogP contribution is 2.24. The van der Waals surface area contributed by atoms with Gasteiger partial charge in [0.15, 0.2) is 0 Å². The van der Waals surface area contributed by atoms with E-state index in [-0.39, 0.29) is 0 Å². The molecule has 1 heteroatoms. The molecule has 1 aromatic carbocycles. The maximum atomic E-state index is 3.60. The molecule has 0 bridgehead atoms. The summed E-state index contributed by atoms with van der Waals surface area (Å²) in [4.78, 5) is 0. The first-order chi connectivity index (χ1) is 6.25. The summed E-state index contributed by atoms with van der Waals surface area (Å²) in [5, 5.41) is 3.60. The van der Waals surface area contributed by atoms with Gasteiger partial charge in [0, 0.05) is 12.1 Å². The Morgan fingerprint density at radius 1 is 1.38 bits per heavy atom. The molecule has 0 aromatic heterocycles. The van der Waals surface area contributed by atoms with Crippen LogP contribution in [0.3, 0.4) is 0 Å². The van der Waals surface area contributed by atoms with Gasteiger partial charge in [-0.05, 0) is 32.3 Å². The summed E-state index contributed by atoms with van der Waals surface area (Å²) in [5.74, 6) is 0. The van der Waals surface area contributed by atoms with Crippen molar-refractivity contribution >= 4 is 0 Å². The second-order valence-electron chi connectivity index (χ2n) is 4.08. The summed E-state index contributed by atoms with van der Waals surface area (Å²) in [6, 6.07) is 10.0. The first kappa shape index (κ1) is 8.76. The molecule has 1 N–H and O–H groups in total. The van der Waals surface area contributed by atoms with E-state index >= 15 is 0 Å². The van der Waals surface area contributed by atoms with Gasteiger partial charge in [0.05, 0.1) is 0 Å². The fourth-order valence-corrected chi connectivity index (χ4v) is 1.64. The van der Waals surface area contributed by atoms with Gasteiger partial charge in [-0.15, -0.1) is 0 Å². The number of nitrogens with one attached hydrogen (secondary N) is 1. The molecule has 0 spiro atoms. The van der Waals surface area contributed by atoms with E-state index in [9.17, 15) is 0 Å². The molecule has 1 nitrogen and oxygen atoms in total. The monoisotopic (exact) mass is 175 g/mol. The number of aryl methyl sites for hydroxylation is 1. The zero-order valence-electron chi connectivity index (χ0n) is 8.38. The van der Waals surface area contributed by atoms with Crippen molar-refractivity contribution in [2.75, 3.05) is 0 Å². The summed E-state index contributed by atoms with van der Waals surface area (Å²) in [5.41, 5.74) is 2.76. The van der Waals surface area contributed by atoms with Gasteiger partial charge in [-0.3, -0.25) is 0 Å². The third-order valence-electron chi connectivity index (χ3n) is 2.61. The topological polar surface area (TPSA) is 12.0 Å². The summed E-state index contributed by atoms with van der Waals surface area (Å²) >= 11 is 0. The number of rotatable bonds is 3. The Kier molecular flexibility index (Phi) is 2.36. The van der Waals surface area contributed by atoms with E-state index in [1.54, 1.807) is 0 Å². The zero-order chi connectivity index (χ0) is 9.26. The minimum atomic E-state index is 0.507. The van der Waals surface area contributed by atoms with Crippen LogP contribution >= 0.6 is 0 Å². The smallest absolute Gasteiger partial charge is 0.0294 e. The van der Waals surface area contributed by atoms with Gasteiger partial charge in [-0.1, -0.05) is 29.8 Å². The highest BCUT2D eigenvalue weighted by atomic mass is 15.0. The number of hydrogen-bond donors (Lipinski definition) is 1. The van der Waals surface area contributed by atoms with E-state index in [2.05, 4.69) is 43.4 Å². The second-order valence-corrected chi connectivity index (χ2v) is 4.08. The Bertz CT molecular complexity index is 289. The van der Waals surface area contributed by atoms with Gasteiger partial charge in [-0.2, -0.15) is 0 Å². The average Bonchev–Trinajstić information content (AvgIpc) is 2.88. The fraction of sp³-hybridized carbons (Fsp3) is 0.500. The SMILES string of the molecule is Cc1cccc([C@H](C)NC2CC2)c1. The van der Waals surface area contributed by atoms with Crippen LogP contribution in [0.4, 0.5) is 0 Å². The molecule has 0 amide bonds. The molecule has 0 unspecified atom stereocenters. The molecule has 0 aliphatic heterocycles. The summed E-state index contributed by atoms with van der Waals surface area (Å²) in [7, 11) is 0. The van der Waals surface area contributed by atoms with Gasteiger partial charge in [-0.25, -0.2) is 0 Å². The lowest BCUT2D eigenvalue weighted by Gasteiger charge is -2.13. The maximum absolute atomic E-state index is 3.60. The summed E-state index contributed by atoms with van der Waals surface area (Å²) in [6.45, 7) is 4.39. The first-order valence-electron chi connectivity index (χ1n) is 5.08. The van der Waals surface area contributed by atoms with Crippen molar-refractivity contribution in [2.45, 2.75) is 38.8 Å². The predicted octanol–water partition coefficient (Wildman–Crippen LogP) is 2.81. The van der Waals surface area contributed by atoms with Crippen LogP contribution in [0.15, 0.2) is 24.3 Å². The Balaban J connectivity index is 2.04. The minimum Gasteiger partial charge on any atom is -0.307 e. The van der Waals surface area contributed by atoms with E-state index < -0.39 is 0 Å². The lowest BCUT2D eigenvalue weighted by atomic mass is 10.1. The Morgan fingerprint density at radius 3 is 2.77 bits per heavy atom. The molecule has 13 heavy (non-hydrogen) atoms. The van der Waals surface area contributed by atoms with Crippen molar-refractivity contribution in [3.05, 3.63) is 35.4 Å². The van der Waals surface area contributed by atoms with E-state index in [0.29, 0.717) is 6.04 Å². The Hall–Kier alpha value is -0.820. The van der Waals surface area contributed by atoms with Crippen LogP contribution in [0.2, 0.25) is 0 Å². The molecule has 0 radical (unpaired) electrons. The predicted molar refractivity (Wildman–Crippen MR) is 55.8 cm³/mol. The standard InChI is InChI=1S/C12H17N/c1-9-4-3-5-11(8-9)10(2)13-12-6-7-12/h3-5,8,10,12-13H,6-7H2,1-2H3/t10-/m0/s1. The lowest BCUT2D eigenvalue weighted by molar-refractivity contribution is 0.571. The Labute approximate surface area is 80.2 Å². The van der Waals surface area contributed by atoms with Gasteiger partial charge >= 0.3 is 0 Å². The molecule has 1 saturated carbocycles. The third-order valence-corrected chi connectivity index (χ3v) is 2.61. The zero-order valence-corrected chi connectivity index (χ0v) is 8.38. The van der Waals surface area contributed by atoms with E-state index in [1.807, 2.05) is 0 Å². The summed E-state index contributed by atoms with van der Waals surface area (Å²) in [6.07, 6.45) is 2.71. The number of hydrogen-bond acceptors (Lipinski definition) is 1. The summed E-state index contributed by atoms with van der Waals surface area (Å²) < 4.78 is 0. The van der Waals surface area contributed by atoms with Crippen LogP contribution in [0, 0.1) is 6.92 Å². The average molecular weight is 175 g/mol. The highest BCUT2D eigenvalue weighted by Gasteiger charge is 2.22. The van der Waals surface area contributed by atoms with Crippen LogP contribution in [0.1, 0.15) is 36.9 Å². The van der Waals surface area contributed by atoms with Crippen molar-refractivity contribution in [2.24, 2.45) is 0 Å². The van der Waals surface area contributed by atoms with E-state index in [1.165, 1.54) is 24.0 Å². The molecule has 1 atom stereocenters. The van der Waals surface area contributed by atoms with Crippen molar-refractivity contribution in [3.8, 4) is 0 Å². The normalized spacial score (nSPS) is 18.6. The van der Waals surface area contributed by atoms with Crippen LogP contribution in [-0.4, -0.2) is 6.04 Å². The second kappa shape index (κ2) is 3.51. The van der Waals surface area contributed by atoms with Crippen molar-refractivity contribution in [1.29, 1.82) is 0 Å². The van der Waals surface area contributed by atoms with Crippen LogP contribution in [-0.2, 0) is 0 Å². The lowest BCUT2D eigenvalue weighted by Crippen LogP contribution is -2.20. The van der Waals surface area contributed by atoms with Gasteiger partial charge in [0.2, 0.25) is 0 Å². The Morgan fingerprint density at radius 2 is 2.15 bits per heavy atom.